The Bertz CT molecular complexity index is 3150. The summed E-state index contributed by atoms with van der Waals surface area (Å²) in [6, 6.07) is 47.5. The molecule has 68 heavy (non-hydrogen) atoms. The topological polar surface area (TPSA) is 50.9 Å². The molecule has 6 aromatic carbocycles. The first-order valence-corrected chi connectivity index (χ1v) is 24.1. The summed E-state index contributed by atoms with van der Waals surface area (Å²) in [5, 5.41) is 12.4. The third kappa shape index (κ3) is 10.1. The van der Waals surface area contributed by atoms with Crippen LogP contribution in [0.4, 0.5) is 0 Å². The van der Waals surface area contributed by atoms with Crippen molar-refractivity contribution >= 4 is 11.0 Å². The van der Waals surface area contributed by atoms with Crippen LogP contribution in [0.1, 0.15) is 156 Å². The van der Waals surface area contributed by atoms with Crippen molar-refractivity contribution in [2.75, 3.05) is 0 Å². The Morgan fingerprint density at radius 3 is 1.78 bits per heavy atom. The Hall–Kier alpha value is -5.57. The molecule has 0 fully saturated rings. The van der Waals surface area contributed by atoms with Gasteiger partial charge in [-0.15, -0.1) is 29.3 Å². The van der Waals surface area contributed by atoms with Crippen molar-refractivity contribution in [2.24, 2.45) is 0 Å². The number of imidazole rings is 1. The molecule has 0 radical (unpaired) electrons. The number of phenolic OH excluding ortho intramolecular Hbond substituents is 1. The molecule has 0 amide bonds. The minimum absolute atomic E-state index is 0. The number of para-hydroxylation sites is 1. The van der Waals surface area contributed by atoms with Crippen molar-refractivity contribution < 1.29 is 27.5 Å². The second-order valence-corrected chi connectivity index (χ2v) is 22.5. The number of benzene rings is 6. The van der Waals surface area contributed by atoms with Gasteiger partial charge < -0.3 is 5.11 Å². The van der Waals surface area contributed by atoms with Crippen LogP contribution in [0.3, 0.4) is 0 Å². The molecule has 1 N–H and O–H groups in total. The van der Waals surface area contributed by atoms with Gasteiger partial charge in [0.2, 0.25) is 0 Å². The van der Waals surface area contributed by atoms with Gasteiger partial charge in [0.25, 0.3) is 0 Å². The zero-order valence-corrected chi connectivity index (χ0v) is 45.2. The summed E-state index contributed by atoms with van der Waals surface area (Å²) in [6.45, 7) is 32.8. The second kappa shape index (κ2) is 19.1. The van der Waals surface area contributed by atoms with Gasteiger partial charge in [0.15, 0.2) is 0 Å². The molecule has 0 saturated carbocycles. The molecule has 0 aliphatic heterocycles. The zero-order chi connectivity index (χ0) is 49.2. The Kier molecular flexibility index (Phi) is 13.7. The molecule has 8 rings (SSSR count). The summed E-state index contributed by atoms with van der Waals surface area (Å²) in [5.74, 6) is 0.605. The van der Waals surface area contributed by atoms with Crippen LogP contribution in [0, 0.1) is 6.07 Å². The Morgan fingerprint density at radius 2 is 1.18 bits per heavy atom. The smallest absolute Gasteiger partial charge is 0.148 e. The maximum absolute atomic E-state index is 12.4. The van der Waals surface area contributed by atoms with E-state index in [1.54, 1.807) is 0 Å². The van der Waals surface area contributed by atoms with Gasteiger partial charge >= 0.3 is 0 Å². The van der Waals surface area contributed by atoms with Gasteiger partial charge in [-0.25, -0.2) is 4.98 Å². The Labute approximate surface area is 423 Å². The quantitative estimate of drug-likeness (QED) is 0.147. The van der Waals surface area contributed by atoms with Gasteiger partial charge in [-0.3, -0.25) is 9.55 Å². The van der Waals surface area contributed by atoms with Crippen LogP contribution in [0.2, 0.25) is 0 Å². The standard InChI is InChI=1S/C63H70N3O.Pt/c1-38(2)41-19-21-42(22-20-41)44-29-30-64-55(36-44)47-31-46(32-50(33-47)63(13,14)15)52-17-16-18-56-58(52)65-60(54-35-45(39(3)4)34-53(40(5)6)59(54)67)66(56)57-37-49(62(10,11)12)27-28-51(57)43-23-25-48(26-24-43)61(7,8)9;/h16-30,32-40,67H,1-15H3;/q-1;/i38D;. The normalized spacial score (nSPS) is 12.8. The zero-order valence-electron chi connectivity index (χ0n) is 43.9. The molecule has 0 spiro atoms. The van der Waals surface area contributed by atoms with Crippen molar-refractivity contribution in [1.29, 1.82) is 0 Å². The van der Waals surface area contributed by atoms with Gasteiger partial charge in [0.1, 0.15) is 11.6 Å². The summed E-state index contributed by atoms with van der Waals surface area (Å²) in [6.07, 6.45) is 1.88. The predicted octanol–water partition coefficient (Wildman–Crippen LogP) is 17.5. The van der Waals surface area contributed by atoms with E-state index in [1.807, 2.05) is 38.2 Å². The molecule has 0 saturated heterocycles. The minimum atomic E-state index is -0.674. The monoisotopic (exact) mass is 1080 g/mol. The molecule has 2 heterocycles. The average Bonchev–Trinajstić information content (AvgIpc) is 3.67. The van der Waals surface area contributed by atoms with E-state index in [2.05, 4.69) is 204 Å². The van der Waals surface area contributed by atoms with Crippen molar-refractivity contribution in [2.45, 2.75) is 138 Å². The molecule has 0 aliphatic rings. The van der Waals surface area contributed by atoms with Crippen LogP contribution in [0.15, 0.2) is 128 Å². The van der Waals surface area contributed by atoms with E-state index in [4.69, 9.17) is 11.3 Å². The summed E-state index contributed by atoms with van der Waals surface area (Å²) < 4.78 is 10.8. The van der Waals surface area contributed by atoms with Crippen LogP contribution in [-0.4, -0.2) is 19.6 Å². The first-order chi connectivity index (χ1) is 31.8. The van der Waals surface area contributed by atoms with Crippen molar-refractivity contribution in [3.63, 3.8) is 0 Å². The molecule has 5 heteroatoms. The number of aromatic nitrogens is 3. The van der Waals surface area contributed by atoms with E-state index in [-0.39, 0.29) is 54.9 Å². The van der Waals surface area contributed by atoms with Gasteiger partial charge in [0.05, 0.1) is 22.3 Å². The van der Waals surface area contributed by atoms with Crippen molar-refractivity contribution in [1.82, 2.24) is 14.5 Å². The van der Waals surface area contributed by atoms with Gasteiger partial charge in [-0.2, -0.15) is 0 Å². The average molecular weight is 1080 g/mol. The molecule has 8 aromatic rings. The van der Waals surface area contributed by atoms with Gasteiger partial charge in [-0.05, 0) is 103 Å². The van der Waals surface area contributed by atoms with E-state index in [0.29, 0.717) is 11.4 Å². The molecule has 0 bridgehead atoms. The predicted molar refractivity (Wildman–Crippen MR) is 285 cm³/mol. The van der Waals surface area contributed by atoms with Crippen LogP contribution in [0.5, 0.6) is 5.75 Å². The number of pyridine rings is 1. The van der Waals surface area contributed by atoms with Crippen molar-refractivity contribution in [3.8, 4) is 67.5 Å². The molecular formula is C63H70N3OPt-. The number of fused-ring (bicyclic) bond motifs is 1. The number of aromatic hydroxyl groups is 1. The molecule has 2 aromatic heterocycles. The molecular weight excluding hydrogens is 1010 g/mol. The minimum Gasteiger partial charge on any atom is -0.507 e. The Balaban J connectivity index is 0.00000703. The first-order valence-electron chi connectivity index (χ1n) is 24.6. The van der Waals surface area contributed by atoms with Crippen LogP contribution >= 0.6 is 0 Å². The fraction of sp³-hybridized carbons (Fsp3) is 0.333. The maximum Gasteiger partial charge on any atom is 0.148 e. The third-order valence-corrected chi connectivity index (χ3v) is 13.4. The van der Waals surface area contributed by atoms with Crippen LogP contribution in [0.25, 0.3) is 72.7 Å². The fourth-order valence-corrected chi connectivity index (χ4v) is 8.98. The molecule has 4 nitrogen and oxygen atoms in total. The fourth-order valence-electron chi connectivity index (χ4n) is 8.98. The number of phenols is 1. The van der Waals surface area contributed by atoms with Gasteiger partial charge in [-0.1, -0.05) is 200 Å². The SMILES string of the molecule is [2H]C(C)(C)c1ccc(-c2ccnc(-c3[c-]c(-c4cccc5c4nc(-c4cc(C(C)C)cc(C(C)C)c4O)n5-c4cc(C(C)(C)C)ccc4-c4ccc(C(C)(C)C)cc4)cc(C(C)(C)C)c3)c2)cc1.[Pt]. The molecule has 354 valence electrons. The number of hydrogen-bond donors (Lipinski definition) is 1. The molecule has 0 aliphatic carbocycles. The van der Waals surface area contributed by atoms with Crippen LogP contribution in [-0.2, 0) is 37.3 Å². The van der Waals surface area contributed by atoms with E-state index in [1.165, 1.54) is 11.1 Å². The van der Waals surface area contributed by atoms with E-state index in [0.717, 1.165) is 83.6 Å². The second-order valence-electron chi connectivity index (χ2n) is 22.5. The van der Waals surface area contributed by atoms with Crippen LogP contribution < -0.4 is 0 Å². The van der Waals surface area contributed by atoms with Crippen molar-refractivity contribution in [3.05, 3.63) is 167 Å². The summed E-state index contributed by atoms with van der Waals surface area (Å²) in [5.41, 5.74) is 17.8. The Morgan fingerprint density at radius 1 is 0.559 bits per heavy atom. The number of nitrogens with zero attached hydrogens (tertiary/aromatic N) is 3. The first kappa shape index (κ1) is 48.9. The number of hydrogen-bond acceptors (Lipinski definition) is 3. The van der Waals surface area contributed by atoms with E-state index in [9.17, 15) is 5.11 Å². The van der Waals surface area contributed by atoms with E-state index >= 15 is 0 Å². The summed E-state index contributed by atoms with van der Waals surface area (Å²) in [7, 11) is 0. The van der Waals surface area contributed by atoms with E-state index < -0.39 is 5.89 Å². The summed E-state index contributed by atoms with van der Waals surface area (Å²) in [4.78, 5) is 10.6. The largest absolute Gasteiger partial charge is 0.507 e. The third-order valence-electron chi connectivity index (χ3n) is 13.4. The van der Waals surface area contributed by atoms with Gasteiger partial charge in [0, 0.05) is 39.9 Å². The molecule has 0 unspecified atom stereocenters. The summed E-state index contributed by atoms with van der Waals surface area (Å²) >= 11 is 0. The maximum atomic E-state index is 12.4. The molecule has 0 atom stereocenters. The number of rotatable bonds is 9.